The number of benzene rings is 1. The number of nitrogens with one attached hydrogen (secondary N) is 2. The van der Waals surface area contributed by atoms with Crippen LogP contribution in [0.1, 0.15) is 46.0 Å². The summed E-state index contributed by atoms with van der Waals surface area (Å²) >= 11 is 0. The number of aliphatic hydroxyl groups excluding tert-OH is 1. The van der Waals surface area contributed by atoms with E-state index in [9.17, 15) is 5.11 Å². The van der Waals surface area contributed by atoms with Crippen LogP contribution in [0.25, 0.3) is 0 Å². The van der Waals surface area contributed by atoms with E-state index in [2.05, 4.69) is 17.6 Å². The predicted octanol–water partition coefficient (Wildman–Crippen LogP) is 4.04. The molecule has 1 fully saturated rings. The number of aliphatic hydroxyl groups is 1. The van der Waals surface area contributed by atoms with Gasteiger partial charge in [-0.2, -0.15) is 0 Å². The highest BCUT2D eigenvalue weighted by atomic mass is 127. The van der Waals surface area contributed by atoms with Gasteiger partial charge in [0.25, 0.3) is 0 Å². The topological polar surface area (TPSA) is 75.1 Å². The summed E-state index contributed by atoms with van der Waals surface area (Å²) in [4.78, 5) is 4.75. The SMILES string of the molecule is CCNC(=NCC1(C)CCCCC1O)Nc1cccc(OCCCOC)c1.I. The van der Waals surface area contributed by atoms with E-state index in [1.165, 1.54) is 0 Å². The van der Waals surface area contributed by atoms with E-state index in [0.717, 1.165) is 56.0 Å². The Kier molecular flexibility index (Phi) is 11.8. The first-order valence-corrected chi connectivity index (χ1v) is 10.0. The van der Waals surface area contributed by atoms with Crippen molar-refractivity contribution in [3.8, 4) is 5.75 Å². The minimum Gasteiger partial charge on any atom is -0.493 e. The molecule has 1 aromatic carbocycles. The minimum atomic E-state index is -0.276. The van der Waals surface area contributed by atoms with E-state index in [-0.39, 0.29) is 35.5 Å². The van der Waals surface area contributed by atoms with Crippen LogP contribution in [0.15, 0.2) is 29.3 Å². The Hall–Kier alpha value is -1.06. The number of halogens is 1. The van der Waals surface area contributed by atoms with Crippen molar-refractivity contribution in [2.24, 2.45) is 10.4 Å². The van der Waals surface area contributed by atoms with Crippen molar-refractivity contribution >= 4 is 35.6 Å². The van der Waals surface area contributed by atoms with Crippen LogP contribution >= 0.6 is 24.0 Å². The summed E-state index contributed by atoms with van der Waals surface area (Å²) in [5.74, 6) is 1.55. The molecule has 1 saturated carbocycles. The van der Waals surface area contributed by atoms with Crippen molar-refractivity contribution in [2.75, 3.05) is 38.7 Å². The van der Waals surface area contributed by atoms with E-state index in [1.807, 2.05) is 31.2 Å². The minimum absolute atomic E-state index is 0. The molecule has 3 N–H and O–H groups in total. The van der Waals surface area contributed by atoms with E-state index >= 15 is 0 Å². The highest BCUT2D eigenvalue weighted by Crippen LogP contribution is 2.36. The molecule has 1 aliphatic carbocycles. The molecule has 0 aliphatic heterocycles. The molecule has 6 nitrogen and oxygen atoms in total. The van der Waals surface area contributed by atoms with Gasteiger partial charge in [0, 0.05) is 43.9 Å². The first-order valence-electron chi connectivity index (χ1n) is 10.0. The van der Waals surface area contributed by atoms with E-state index in [1.54, 1.807) is 7.11 Å². The number of aliphatic imine (C=N–C) groups is 1. The zero-order valence-corrected chi connectivity index (χ0v) is 19.7. The lowest BCUT2D eigenvalue weighted by Crippen LogP contribution is -2.39. The Morgan fingerprint density at radius 1 is 1.32 bits per heavy atom. The molecular weight excluding hydrogens is 469 g/mol. The molecule has 1 aromatic rings. The van der Waals surface area contributed by atoms with Crippen molar-refractivity contribution in [1.29, 1.82) is 0 Å². The van der Waals surface area contributed by atoms with Crippen LogP contribution in [0.5, 0.6) is 5.75 Å². The van der Waals surface area contributed by atoms with Gasteiger partial charge in [0.1, 0.15) is 5.75 Å². The van der Waals surface area contributed by atoms with E-state index < -0.39 is 0 Å². The number of hydrogen-bond donors (Lipinski definition) is 3. The Labute approximate surface area is 186 Å². The van der Waals surface area contributed by atoms with Crippen LogP contribution in [0.2, 0.25) is 0 Å². The third-order valence-corrected chi connectivity index (χ3v) is 5.08. The summed E-state index contributed by atoms with van der Waals surface area (Å²) in [5, 5.41) is 17.0. The number of ether oxygens (including phenoxy) is 2. The molecule has 1 aliphatic rings. The molecule has 0 saturated heterocycles. The largest absolute Gasteiger partial charge is 0.493 e. The maximum atomic E-state index is 10.4. The molecule has 2 unspecified atom stereocenters. The second-order valence-electron chi connectivity index (χ2n) is 7.46. The number of nitrogens with zero attached hydrogens (tertiary/aromatic N) is 1. The number of rotatable bonds is 9. The molecule has 0 radical (unpaired) electrons. The molecular formula is C21H36IN3O3. The fraction of sp³-hybridized carbons (Fsp3) is 0.667. The van der Waals surface area contributed by atoms with Crippen molar-refractivity contribution in [2.45, 2.75) is 52.1 Å². The maximum Gasteiger partial charge on any atom is 0.195 e. The van der Waals surface area contributed by atoms with Crippen molar-refractivity contribution < 1.29 is 14.6 Å². The van der Waals surface area contributed by atoms with Gasteiger partial charge in [-0.25, -0.2) is 0 Å². The van der Waals surface area contributed by atoms with E-state index in [0.29, 0.717) is 19.8 Å². The lowest BCUT2D eigenvalue weighted by molar-refractivity contribution is 0.00721. The highest BCUT2D eigenvalue weighted by molar-refractivity contribution is 14.0. The average molecular weight is 505 g/mol. The molecule has 2 atom stereocenters. The van der Waals surface area contributed by atoms with Crippen LogP contribution < -0.4 is 15.4 Å². The number of hydrogen-bond acceptors (Lipinski definition) is 4. The van der Waals surface area contributed by atoms with Crippen molar-refractivity contribution in [3.63, 3.8) is 0 Å². The average Bonchev–Trinajstić information content (AvgIpc) is 2.67. The third kappa shape index (κ3) is 8.13. The molecule has 0 bridgehead atoms. The van der Waals surface area contributed by atoms with Gasteiger partial charge in [-0.1, -0.05) is 25.8 Å². The Morgan fingerprint density at radius 2 is 2.14 bits per heavy atom. The standard InChI is InChI=1S/C21H35N3O3.HI/c1-4-22-20(23-16-21(2)12-6-5-11-19(21)25)24-17-9-7-10-18(15-17)27-14-8-13-26-3;/h7,9-10,15,19,25H,4-6,8,11-14,16H2,1-3H3,(H2,22,23,24);1H. The van der Waals surface area contributed by atoms with Gasteiger partial charge in [-0.15, -0.1) is 24.0 Å². The molecule has 7 heteroatoms. The quantitative estimate of drug-likeness (QED) is 0.205. The highest BCUT2D eigenvalue weighted by Gasteiger charge is 2.35. The van der Waals surface area contributed by atoms with Gasteiger partial charge in [0.2, 0.25) is 0 Å². The number of guanidine groups is 1. The summed E-state index contributed by atoms with van der Waals surface area (Å²) in [6, 6.07) is 7.87. The van der Waals surface area contributed by atoms with Gasteiger partial charge in [0.15, 0.2) is 5.96 Å². The van der Waals surface area contributed by atoms with E-state index in [4.69, 9.17) is 14.5 Å². The van der Waals surface area contributed by atoms with Gasteiger partial charge >= 0.3 is 0 Å². The molecule has 0 spiro atoms. The second-order valence-corrected chi connectivity index (χ2v) is 7.46. The summed E-state index contributed by atoms with van der Waals surface area (Å²) in [7, 11) is 1.69. The zero-order valence-electron chi connectivity index (χ0n) is 17.4. The smallest absolute Gasteiger partial charge is 0.195 e. The van der Waals surface area contributed by atoms with Crippen molar-refractivity contribution in [3.05, 3.63) is 24.3 Å². The monoisotopic (exact) mass is 505 g/mol. The Morgan fingerprint density at radius 3 is 2.86 bits per heavy atom. The fourth-order valence-corrected chi connectivity index (χ4v) is 3.33. The number of anilines is 1. The second kappa shape index (κ2) is 13.2. The van der Waals surface area contributed by atoms with Crippen LogP contribution in [0, 0.1) is 5.41 Å². The fourth-order valence-electron chi connectivity index (χ4n) is 3.33. The van der Waals surface area contributed by atoms with Crippen LogP contribution in [0.4, 0.5) is 5.69 Å². The normalized spacial score (nSPS) is 22.3. The summed E-state index contributed by atoms with van der Waals surface area (Å²) in [6.07, 6.45) is 4.74. The first kappa shape index (κ1) is 25.0. The van der Waals surface area contributed by atoms with Crippen LogP contribution in [-0.2, 0) is 4.74 Å². The lowest BCUT2D eigenvalue weighted by atomic mass is 9.73. The van der Waals surface area contributed by atoms with Gasteiger partial charge in [-0.05, 0) is 31.9 Å². The summed E-state index contributed by atoms with van der Waals surface area (Å²) in [6.45, 7) is 6.89. The maximum absolute atomic E-state index is 10.4. The third-order valence-electron chi connectivity index (χ3n) is 5.08. The Bertz CT molecular complexity index is 600. The lowest BCUT2D eigenvalue weighted by Gasteiger charge is -2.37. The summed E-state index contributed by atoms with van der Waals surface area (Å²) in [5.41, 5.74) is 0.778. The van der Waals surface area contributed by atoms with Gasteiger partial charge < -0.3 is 25.2 Å². The van der Waals surface area contributed by atoms with Crippen LogP contribution in [0.3, 0.4) is 0 Å². The molecule has 0 amide bonds. The summed E-state index contributed by atoms with van der Waals surface area (Å²) < 4.78 is 10.8. The van der Waals surface area contributed by atoms with Gasteiger partial charge in [-0.3, -0.25) is 4.99 Å². The molecule has 2 rings (SSSR count). The first-order chi connectivity index (χ1) is 13.1. The molecule has 160 valence electrons. The number of methoxy groups -OCH3 is 1. The molecule has 28 heavy (non-hydrogen) atoms. The van der Waals surface area contributed by atoms with Crippen molar-refractivity contribution in [1.82, 2.24) is 5.32 Å². The molecule has 0 aromatic heterocycles. The van der Waals surface area contributed by atoms with Gasteiger partial charge in [0.05, 0.1) is 19.3 Å². The zero-order chi connectivity index (χ0) is 19.5. The Balaban J connectivity index is 0.00000392. The van der Waals surface area contributed by atoms with Crippen LogP contribution in [-0.4, -0.2) is 50.6 Å². The molecule has 0 heterocycles. The predicted molar refractivity (Wildman–Crippen MR) is 126 cm³/mol.